The van der Waals surface area contributed by atoms with Gasteiger partial charge < -0.3 is 70.9 Å². The number of nitrogens with zero attached hydrogens (tertiary/aromatic N) is 5. The van der Waals surface area contributed by atoms with E-state index < -0.39 is 52.8 Å². The van der Waals surface area contributed by atoms with Crippen molar-refractivity contribution >= 4 is 59.0 Å². The summed E-state index contributed by atoms with van der Waals surface area (Å²) in [4.78, 5) is 97.2. The highest BCUT2D eigenvalue weighted by Gasteiger charge is 2.52. The largest absolute Gasteiger partial charge is 0.444 e. The number of aliphatic hydroxyl groups is 1. The summed E-state index contributed by atoms with van der Waals surface area (Å²) in [7, 11) is 3.57. The van der Waals surface area contributed by atoms with E-state index >= 15 is 0 Å². The van der Waals surface area contributed by atoms with Crippen molar-refractivity contribution in [1.82, 2.24) is 31.1 Å². The van der Waals surface area contributed by atoms with E-state index in [4.69, 9.17) is 29.2 Å². The fraction of sp³-hybridized carbons (Fsp3) is 0.667. The average molecular weight is 1390 g/mol. The second kappa shape index (κ2) is 40.2. The molecule has 0 aromatic heterocycles. The number of likely N-dealkylation sites (N-methyl/N-ethyl adjacent to an activating group) is 2. The summed E-state index contributed by atoms with van der Waals surface area (Å²) >= 11 is 0. The Labute approximate surface area is 592 Å². The zero-order valence-corrected chi connectivity index (χ0v) is 61.5. The number of carbonyl (C=O) groups is 7. The van der Waals surface area contributed by atoms with Crippen LogP contribution >= 0.6 is 0 Å². The van der Waals surface area contributed by atoms with Crippen LogP contribution in [0, 0.1) is 0 Å². The van der Waals surface area contributed by atoms with Crippen molar-refractivity contribution in [2.24, 2.45) is 5.11 Å². The van der Waals surface area contributed by atoms with Crippen LogP contribution in [0.3, 0.4) is 0 Å². The Morgan fingerprint density at radius 1 is 0.560 bits per heavy atom. The minimum absolute atomic E-state index is 0.0853. The van der Waals surface area contributed by atoms with Gasteiger partial charge in [0.25, 0.3) is 0 Å². The Kier molecular flexibility index (Phi) is 32.7. The lowest BCUT2D eigenvalue weighted by atomic mass is 9.51. The Bertz CT molecular complexity index is 2950. The Morgan fingerprint density at radius 2 is 0.930 bits per heavy atom. The third-order valence-corrected chi connectivity index (χ3v) is 17.9. The van der Waals surface area contributed by atoms with Gasteiger partial charge in [-0.2, -0.15) is 0 Å². The number of benzene rings is 3. The highest BCUT2D eigenvalue weighted by Crippen LogP contribution is 2.62. The fourth-order valence-corrected chi connectivity index (χ4v) is 13.0. The number of hydrogen-bond donors (Lipinski definition) is 8. The molecule has 3 aromatic carbocycles. The molecular weight excluding hydrogens is 1280 g/mol. The molecule has 554 valence electrons. The van der Waals surface area contributed by atoms with Gasteiger partial charge in [-0.25, -0.2) is 14.4 Å². The maximum Gasteiger partial charge on any atom is 0.407 e. The molecule has 8 N–H and O–H groups in total. The Morgan fingerprint density at radius 3 is 1.31 bits per heavy atom. The molecule has 25 heteroatoms. The van der Waals surface area contributed by atoms with E-state index in [2.05, 4.69) is 83.6 Å². The highest BCUT2D eigenvalue weighted by molar-refractivity contribution is 5.94. The second-order valence-corrected chi connectivity index (χ2v) is 29.8. The SMILES string of the molecule is CN(CCOCCOCCN(C)C(O)CCC12c3cc(NC(=O)CCCCCCCNC(=O)OC(C)(C)C)ccc3C(c3ccc(NC(=O)CCCCCCCNC(=O)OC(C)(C)C)cc31)c1ccc(NC(=O)CCCCCCCNC(=O)OC(C)(C)C)cc12)C(=O)[C@@H]1CC(N=[N+]=[N-])CN1. The van der Waals surface area contributed by atoms with Crippen LogP contribution in [0.25, 0.3) is 10.4 Å². The highest BCUT2D eigenvalue weighted by atomic mass is 16.6. The minimum atomic E-state index is -0.970. The van der Waals surface area contributed by atoms with E-state index in [1.807, 2.05) is 92.5 Å². The fourth-order valence-electron chi connectivity index (χ4n) is 13.0. The molecule has 7 rings (SSSR count). The van der Waals surface area contributed by atoms with E-state index in [0.717, 1.165) is 110 Å². The average Bonchev–Trinajstić information content (AvgIpc) is 0.682. The third kappa shape index (κ3) is 27.4. The van der Waals surface area contributed by atoms with Gasteiger partial charge in [0.2, 0.25) is 23.6 Å². The lowest BCUT2D eigenvalue weighted by Crippen LogP contribution is -2.44. The molecule has 0 radical (unpaired) electrons. The third-order valence-electron chi connectivity index (χ3n) is 17.9. The lowest BCUT2D eigenvalue weighted by molar-refractivity contribution is -0.132. The van der Waals surface area contributed by atoms with Crippen molar-refractivity contribution < 1.29 is 62.4 Å². The number of hydrogen-bond acceptors (Lipinski definition) is 16. The van der Waals surface area contributed by atoms with E-state index in [-0.39, 0.29) is 42.0 Å². The maximum atomic E-state index is 13.9. The van der Waals surface area contributed by atoms with E-state index in [1.54, 1.807) is 11.9 Å². The first-order valence-electron chi connectivity index (χ1n) is 36.4. The minimum Gasteiger partial charge on any atom is -0.444 e. The number of carbonyl (C=O) groups excluding carboxylic acids is 7. The van der Waals surface area contributed by atoms with Gasteiger partial charge in [0.05, 0.1) is 38.5 Å². The van der Waals surface area contributed by atoms with Crippen molar-refractivity contribution in [2.75, 3.05) is 95.7 Å². The van der Waals surface area contributed by atoms with Gasteiger partial charge in [0, 0.05) is 98.9 Å². The molecule has 3 atom stereocenters. The zero-order chi connectivity index (χ0) is 72.9. The first-order chi connectivity index (χ1) is 47.5. The summed E-state index contributed by atoms with van der Waals surface area (Å²) in [5, 5.41) is 37.2. The van der Waals surface area contributed by atoms with Crippen LogP contribution in [0.4, 0.5) is 31.4 Å². The molecule has 0 saturated carbocycles. The molecule has 1 heterocycles. The number of azide groups is 1. The van der Waals surface area contributed by atoms with Crippen LogP contribution in [-0.2, 0) is 48.3 Å². The van der Waals surface area contributed by atoms with Crippen molar-refractivity contribution in [3.05, 3.63) is 98.4 Å². The molecule has 7 amide bonds. The van der Waals surface area contributed by atoms with Crippen LogP contribution in [-0.4, -0.2) is 172 Å². The molecule has 0 spiro atoms. The van der Waals surface area contributed by atoms with Gasteiger partial charge in [0.15, 0.2) is 0 Å². The number of rotatable bonds is 42. The molecule has 3 aliphatic carbocycles. The summed E-state index contributed by atoms with van der Waals surface area (Å²) in [5.41, 5.74) is 14.0. The van der Waals surface area contributed by atoms with Crippen LogP contribution in [0.1, 0.15) is 236 Å². The summed E-state index contributed by atoms with van der Waals surface area (Å²) in [5.74, 6) is -0.682. The number of amides is 7. The van der Waals surface area contributed by atoms with Crippen molar-refractivity contribution in [3.8, 4) is 0 Å². The summed E-state index contributed by atoms with van der Waals surface area (Å²) in [6.45, 7) is 20.4. The second-order valence-electron chi connectivity index (χ2n) is 29.8. The van der Waals surface area contributed by atoms with Gasteiger partial charge >= 0.3 is 18.3 Å². The number of unbranched alkanes of at least 4 members (excludes halogenated alkanes) is 12. The zero-order valence-electron chi connectivity index (χ0n) is 61.5. The van der Waals surface area contributed by atoms with Crippen molar-refractivity contribution in [1.29, 1.82) is 0 Å². The van der Waals surface area contributed by atoms with Crippen molar-refractivity contribution in [3.63, 3.8) is 0 Å². The number of anilines is 3. The van der Waals surface area contributed by atoms with Crippen LogP contribution in [0.5, 0.6) is 0 Å². The Hall–Kier alpha value is -7.54. The predicted octanol–water partition coefficient (Wildman–Crippen LogP) is 12.8. The van der Waals surface area contributed by atoms with Crippen molar-refractivity contribution in [2.45, 2.75) is 244 Å². The molecule has 4 aliphatic rings. The number of nitrogens with one attached hydrogen (secondary N) is 7. The van der Waals surface area contributed by atoms with Gasteiger partial charge in [0.1, 0.15) is 23.0 Å². The lowest BCUT2D eigenvalue weighted by Gasteiger charge is -2.51. The molecule has 1 aliphatic heterocycles. The molecule has 1 fully saturated rings. The van der Waals surface area contributed by atoms with Crippen LogP contribution in [0.15, 0.2) is 59.7 Å². The summed E-state index contributed by atoms with van der Waals surface area (Å²) in [6.07, 6.45) is 12.2. The molecular formula is C75H116N12O13. The summed E-state index contributed by atoms with van der Waals surface area (Å²) in [6, 6.07) is 17.7. The monoisotopic (exact) mass is 1390 g/mol. The maximum absolute atomic E-state index is 13.9. The molecule has 2 bridgehead atoms. The van der Waals surface area contributed by atoms with Gasteiger partial charge in [-0.3, -0.25) is 24.1 Å². The first-order valence-corrected chi connectivity index (χ1v) is 36.4. The quantitative estimate of drug-likeness (QED) is 0.00653. The van der Waals surface area contributed by atoms with Crippen LogP contribution in [0.2, 0.25) is 0 Å². The topological polar surface area (TPSA) is 325 Å². The van der Waals surface area contributed by atoms with Gasteiger partial charge in [-0.1, -0.05) is 81.1 Å². The van der Waals surface area contributed by atoms with Gasteiger partial charge in [-0.15, -0.1) is 0 Å². The number of aliphatic hydroxyl groups excluding tert-OH is 1. The predicted molar refractivity (Wildman–Crippen MR) is 388 cm³/mol. The van der Waals surface area contributed by atoms with Gasteiger partial charge in [-0.05, 0) is 202 Å². The standard InChI is InChI=1S/C75H116N12O13/c1-72(2,3)98-69(93)77-38-24-18-12-15-21-27-63(88)81-52-30-33-56-59(47-52)75(37-36-66(91)86(10)41-43-96-45-46-97-44-42-87(11)68(92)62-50-55(51-80-62)84-85-76)60-48-53(82-64(89)28-22-16-13-19-25-39-78-70(94)99-73(4,5)6)31-34-57(60)67(56)58-35-32-54(49-61(58)75)83-65(90)29-23-17-14-20-26-40-79-71(95)100-74(7,8)9/h30-35,47-49,55,62,66-67,80,91H,12-29,36-46,50-51H2,1-11H3,(H,77,93)(H,78,94)(H,79,95)(H,81,88)(H,82,89)(H,83,90)/t55?,62-,66?,67?,75?/m0/s1. The smallest absolute Gasteiger partial charge is 0.407 e. The van der Waals surface area contributed by atoms with E-state index in [1.165, 1.54) is 0 Å². The Balaban J connectivity index is 1.18. The number of alkyl carbamates (subject to hydrolysis) is 3. The molecule has 2 unspecified atom stereocenters. The molecule has 25 nitrogen and oxygen atoms in total. The summed E-state index contributed by atoms with van der Waals surface area (Å²) < 4.78 is 27.9. The molecule has 3 aromatic rings. The van der Waals surface area contributed by atoms with E-state index in [0.29, 0.717) is 134 Å². The van der Waals surface area contributed by atoms with Crippen LogP contribution < -0.4 is 37.2 Å². The number of ether oxygens (including phenoxy) is 5. The first kappa shape index (κ1) is 81.4. The molecule has 1 saturated heterocycles. The normalized spacial score (nSPS) is 17.0. The van der Waals surface area contributed by atoms with E-state index in [9.17, 15) is 38.7 Å². The molecule has 100 heavy (non-hydrogen) atoms.